The molecule has 1 saturated heterocycles. The Morgan fingerprint density at radius 1 is 1.35 bits per heavy atom. The molecule has 4 atom stereocenters. The first-order chi connectivity index (χ1) is 11.0. The Bertz CT molecular complexity index is 570. The van der Waals surface area contributed by atoms with Gasteiger partial charge >= 0.3 is 0 Å². The number of nitrogens with zero attached hydrogens (tertiary/aromatic N) is 3. The van der Waals surface area contributed by atoms with E-state index in [9.17, 15) is 0 Å². The molecule has 2 heterocycles. The molecule has 4 unspecified atom stereocenters. The third-order valence-electron chi connectivity index (χ3n) is 6.71. The van der Waals surface area contributed by atoms with Gasteiger partial charge in [-0.25, -0.2) is 4.98 Å². The van der Waals surface area contributed by atoms with Crippen molar-refractivity contribution in [2.45, 2.75) is 45.6 Å². The van der Waals surface area contributed by atoms with Crippen LogP contribution in [0.4, 0.5) is 11.8 Å². The van der Waals surface area contributed by atoms with Crippen molar-refractivity contribution in [1.29, 1.82) is 0 Å². The molecule has 4 aliphatic rings. The molecular weight excluding hydrogens is 286 g/mol. The van der Waals surface area contributed by atoms with Gasteiger partial charge in [0.25, 0.3) is 0 Å². The van der Waals surface area contributed by atoms with E-state index in [2.05, 4.69) is 29.0 Å². The molecule has 0 amide bonds. The topological polar surface area (TPSA) is 67.1 Å². The van der Waals surface area contributed by atoms with Crippen LogP contribution < -0.4 is 16.0 Å². The van der Waals surface area contributed by atoms with E-state index in [1.54, 1.807) is 0 Å². The lowest BCUT2D eigenvalue weighted by atomic mass is 9.45. The van der Waals surface area contributed by atoms with Gasteiger partial charge < -0.3 is 16.0 Å². The molecule has 4 fully saturated rings. The molecule has 3 aliphatic carbocycles. The van der Waals surface area contributed by atoms with Gasteiger partial charge in [0.05, 0.1) is 0 Å². The Morgan fingerprint density at radius 3 is 2.91 bits per heavy atom. The quantitative estimate of drug-likeness (QED) is 0.893. The zero-order valence-electron chi connectivity index (χ0n) is 14.3. The summed E-state index contributed by atoms with van der Waals surface area (Å²) in [7, 11) is 0. The standard InChI is InChI=1S/C18H29N5/c1-18(2)13-4-3-12(15(18)9-13)10-21-17-20-7-5-16(22-17)23-8-6-14(19)11-23/h5,7,12-15H,3-4,6,8-11,19H2,1-2H3,(H,20,21,22). The average Bonchev–Trinajstić information content (AvgIpc) is 3.00. The normalized spacial score (nSPS) is 35.0. The fourth-order valence-corrected chi connectivity index (χ4v) is 5.04. The molecular formula is C18H29N5. The molecule has 5 heteroatoms. The van der Waals surface area contributed by atoms with Gasteiger partial charge in [0, 0.05) is 31.9 Å². The number of nitrogens with one attached hydrogen (secondary N) is 1. The molecule has 3 N–H and O–H groups in total. The highest BCUT2D eigenvalue weighted by Gasteiger charge is 2.53. The summed E-state index contributed by atoms with van der Waals surface area (Å²) in [5.74, 6) is 4.36. The number of anilines is 2. The summed E-state index contributed by atoms with van der Waals surface area (Å²) in [6.07, 6.45) is 7.08. The predicted molar refractivity (Wildman–Crippen MR) is 93.4 cm³/mol. The minimum absolute atomic E-state index is 0.275. The second kappa shape index (κ2) is 5.62. The zero-order chi connectivity index (χ0) is 16.0. The van der Waals surface area contributed by atoms with Crippen LogP contribution in [-0.4, -0.2) is 35.6 Å². The lowest BCUT2D eigenvalue weighted by Crippen LogP contribution is -2.53. The van der Waals surface area contributed by atoms with Crippen molar-refractivity contribution >= 4 is 11.8 Å². The van der Waals surface area contributed by atoms with Crippen molar-refractivity contribution in [2.24, 2.45) is 28.9 Å². The van der Waals surface area contributed by atoms with E-state index in [0.717, 1.165) is 55.6 Å². The molecule has 0 spiro atoms. The second-order valence-electron chi connectivity index (χ2n) is 8.31. The van der Waals surface area contributed by atoms with Gasteiger partial charge in [-0.05, 0) is 54.9 Å². The monoisotopic (exact) mass is 315 g/mol. The highest BCUT2D eigenvalue weighted by Crippen LogP contribution is 2.61. The van der Waals surface area contributed by atoms with Gasteiger partial charge in [0.15, 0.2) is 0 Å². The molecule has 1 aromatic rings. The summed E-state index contributed by atoms with van der Waals surface area (Å²) < 4.78 is 0. The Balaban J connectivity index is 1.38. The maximum Gasteiger partial charge on any atom is 0.224 e. The van der Waals surface area contributed by atoms with Gasteiger partial charge in [0.1, 0.15) is 5.82 Å². The first-order valence-electron chi connectivity index (χ1n) is 9.11. The molecule has 1 aliphatic heterocycles. The van der Waals surface area contributed by atoms with Gasteiger partial charge in [-0.3, -0.25) is 0 Å². The van der Waals surface area contributed by atoms with Crippen LogP contribution in [0.1, 0.15) is 39.5 Å². The zero-order valence-corrected chi connectivity index (χ0v) is 14.3. The first-order valence-corrected chi connectivity index (χ1v) is 9.11. The van der Waals surface area contributed by atoms with Gasteiger partial charge in [0.2, 0.25) is 5.95 Å². The summed E-state index contributed by atoms with van der Waals surface area (Å²) in [4.78, 5) is 11.4. The van der Waals surface area contributed by atoms with E-state index in [0.29, 0.717) is 5.41 Å². The predicted octanol–water partition coefficient (Wildman–Crippen LogP) is 2.50. The van der Waals surface area contributed by atoms with Crippen molar-refractivity contribution in [1.82, 2.24) is 9.97 Å². The van der Waals surface area contributed by atoms with Gasteiger partial charge in [-0.15, -0.1) is 0 Å². The minimum Gasteiger partial charge on any atom is -0.355 e. The highest BCUT2D eigenvalue weighted by atomic mass is 15.2. The lowest BCUT2D eigenvalue weighted by Gasteiger charge is -2.60. The smallest absolute Gasteiger partial charge is 0.224 e. The average molecular weight is 315 g/mol. The summed E-state index contributed by atoms with van der Waals surface area (Å²) in [6.45, 7) is 7.80. The second-order valence-corrected chi connectivity index (χ2v) is 8.31. The molecule has 3 saturated carbocycles. The van der Waals surface area contributed by atoms with Crippen LogP contribution in [0.25, 0.3) is 0 Å². The van der Waals surface area contributed by atoms with E-state index >= 15 is 0 Å². The number of fused-ring (bicyclic) bond motifs is 2. The van der Waals surface area contributed by atoms with Crippen molar-refractivity contribution in [2.75, 3.05) is 29.9 Å². The highest BCUT2D eigenvalue weighted by molar-refractivity contribution is 5.43. The first kappa shape index (κ1) is 15.2. The van der Waals surface area contributed by atoms with Crippen LogP contribution >= 0.6 is 0 Å². The van der Waals surface area contributed by atoms with Crippen LogP contribution in [0.15, 0.2) is 12.3 Å². The van der Waals surface area contributed by atoms with E-state index in [1.165, 1.54) is 19.3 Å². The molecule has 2 bridgehead atoms. The Morgan fingerprint density at radius 2 is 2.22 bits per heavy atom. The van der Waals surface area contributed by atoms with Gasteiger partial charge in [-0.2, -0.15) is 4.98 Å². The Hall–Kier alpha value is -1.36. The SMILES string of the molecule is CC1(C)C2CCC(CNc3nccc(N4CCC(N)C4)n3)C1C2. The summed E-state index contributed by atoms with van der Waals surface area (Å²) in [5.41, 5.74) is 6.54. The van der Waals surface area contributed by atoms with Crippen LogP contribution in [0.5, 0.6) is 0 Å². The van der Waals surface area contributed by atoms with Crippen molar-refractivity contribution in [3.8, 4) is 0 Å². The van der Waals surface area contributed by atoms with E-state index in [4.69, 9.17) is 10.7 Å². The maximum atomic E-state index is 6.00. The molecule has 0 aromatic carbocycles. The van der Waals surface area contributed by atoms with E-state index in [-0.39, 0.29) is 6.04 Å². The van der Waals surface area contributed by atoms with E-state index in [1.807, 2.05) is 12.3 Å². The summed E-state index contributed by atoms with van der Waals surface area (Å²) in [5, 5.41) is 3.50. The van der Waals surface area contributed by atoms with Crippen molar-refractivity contribution in [3.63, 3.8) is 0 Å². The maximum absolute atomic E-state index is 6.00. The van der Waals surface area contributed by atoms with Crippen LogP contribution in [0, 0.1) is 23.2 Å². The van der Waals surface area contributed by atoms with Crippen LogP contribution in [0.3, 0.4) is 0 Å². The summed E-state index contributed by atoms with van der Waals surface area (Å²) >= 11 is 0. The molecule has 126 valence electrons. The molecule has 23 heavy (non-hydrogen) atoms. The fraction of sp³-hybridized carbons (Fsp3) is 0.778. The number of nitrogens with two attached hydrogens (primary N) is 1. The number of hydrogen-bond donors (Lipinski definition) is 2. The van der Waals surface area contributed by atoms with Crippen molar-refractivity contribution < 1.29 is 0 Å². The number of aromatic nitrogens is 2. The van der Waals surface area contributed by atoms with Crippen molar-refractivity contribution in [3.05, 3.63) is 12.3 Å². The molecule has 1 aromatic heterocycles. The summed E-state index contributed by atoms with van der Waals surface area (Å²) in [6, 6.07) is 2.26. The molecule has 5 nitrogen and oxygen atoms in total. The Kier molecular flexibility index (Phi) is 3.71. The Labute approximate surface area is 139 Å². The third kappa shape index (κ3) is 2.69. The lowest BCUT2D eigenvalue weighted by molar-refractivity contribution is -0.100. The molecule has 5 rings (SSSR count). The van der Waals surface area contributed by atoms with Gasteiger partial charge in [-0.1, -0.05) is 13.8 Å². The largest absolute Gasteiger partial charge is 0.355 e. The fourth-order valence-electron chi connectivity index (χ4n) is 5.04. The van der Waals surface area contributed by atoms with E-state index < -0.39 is 0 Å². The third-order valence-corrected chi connectivity index (χ3v) is 6.71. The minimum atomic E-state index is 0.275. The molecule has 0 radical (unpaired) electrons. The number of hydrogen-bond acceptors (Lipinski definition) is 5. The van der Waals surface area contributed by atoms with Crippen LogP contribution in [0.2, 0.25) is 0 Å². The van der Waals surface area contributed by atoms with Crippen LogP contribution in [-0.2, 0) is 0 Å². The number of rotatable bonds is 4.